The summed E-state index contributed by atoms with van der Waals surface area (Å²) in [6, 6.07) is 0. The van der Waals surface area contributed by atoms with Gasteiger partial charge < -0.3 is 14.8 Å². The van der Waals surface area contributed by atoms with Crippen molar-refractivity contribution in [3.63, 3.8) is 0 Å². The lowest BCUT2D eigenvalue weighted by molar-refractivity contribution is 0.132. The van der Waals surface area contributed by atoms with E-state index < -0.39 is 0 Å². The van der Waals surface area contributed by atoms with Gasteiger partial charge in [0, 0.05) is 24.8 Å². The van der Waals surface area contributed by atoms with Crippen molar-refractivity contribution in [2.45, 2.75) is 57.7 Å². The van der Waals surface area contributed by atoms with Gasteiger partial charge >= 0.3 is 0 Å². The molecule has 4 heteroatoms. The van der Waals surface area contributed by atoms with Gasteiger partial charge in [0.1, 0.15) is 0 Å². The Kier molecular flexibility index (Phi) is 4.99. The molecule has 0 radical (unpaired) electrons. The second-order valence-electron chi connectivity index (χ2n) is 6.02. The van der Waals surface area contributed by atoms with E-state index in [0.29, 0.717) is 5.54 Å². The minimum Gasteiger partial charge on any atom is -0.332 e. The molecule has 0 saturated heterocycles. The molecule has 0 aliphatic heterocycles. The van der Waals surface area contributed by atoms with Crippen LogP contribution in [-0.4, -0.2) is 40.6 Å². The van der Waals surface area contributed by atoms with E-state index in [4.69, 9.17) is 0 Å². The first kappa shape index (κ1) is 14.5. The maximum absolute atomic E-state index is 4.34. The lowest BCUT2D eigenvalue weighted by Crippen LogP contribution is -2.45. The van der Waals surface area contributed by atoms with Crippen molar-refractivity contribution in [1.82, 2.24) is 19.8 Å². The molecule has 0 amide bonds. The van der Waals surface area contributed by atoms with E-state index in [0.717, 1.165) is 19.6 Å². The highest BCUT2D eigenvalue weighted by molar-refractivity contribution is 5.02. The Balaban J connectivity index is 2.03. The van der Waals surface area contributed by atoms with Gasteiger partial charge in [0.05, 0.1) is 12.0 Å². The molecule has 1 aromatic heterocycles. The number of hydrogen-bond acceptors (Lipinski definition) is 3. The zero-order chi connectivity index (χ0) is 13.7. The summed E-state index contributed by atoms with van der Waals surface area (Å²) in [7, 11) is 4.44. The second-order valence-corrected chi connectivity index (χ2v) is 6.02. The Bertz CT molecular complexity index is 377. The number of imidazole rings is 1. The van der Waals surface area contributed by atoms with Gasteiger partial charge in [-0.25, -0.2) is 4.98 Å². The fourth-order valence-electron chi connectivity index (χ4n) is 3.13. The number of aromatic nitrogens is 2. The van der Waals surface area contributed by atoms with Crippen LogP contribution in [0.15, 0.2) is 12.5 Å². The van der Waals surface area contributed by atoms with E-state index in [-0.39, 0.29) is 0 Å². The third kappa shape index (κ3) is 3.37. The number of nitrogens with zero attached hydrogens (tertiary/aromatic N) is 3. The van der Waals surface area contributed by atoms with Crippen LogP contribution >= 0.6 is 0 Å². The molecule has 1 N–H and O–H groups in total. The van der Waals surface area contributed by atoms with Crippen LogP contribution in [0.25, 0.3) is 0 Å². The first-order chi connectivity index (χ1) is 9.18. The van der Waals surface area contributed by atoms with Gasteiger partial charge in [-0.1, -0.05) is 19.8 Å². The number of rotatable bonds is 7. The van der Waals surface area contributed by atoms with Crippen molar-refractivity contribution >= 4 is 0 Å². The molecule has 108 valence electrons. The fraction of sp³-hybridized carbons (Fsp3) is 0.800. The molecule has 19 heavy (non-hydrogen) atoms. The van der Waals surface area contributed by atoms with Gasteiger partial charge in [-0.2, -0.15) is 0 Å². The average molecular weight is 264 g/mol. The number of nitrogens with one attached hydrogen (secondary N) is 1. The van der Waals surface area contributed by atoms with Gasteiger partial charge in [0.25, 0.3) is 0 Å². The van der Waals surface area contributed by atoms with Crippen molar-refractivity contribution < 1.29 is 0 Å². The van der Waals surface area contributed by atoms with Crippen molar-refractivity contribution in [1.29, 1.82) is 0 Å². The summed E-state index contributed by atoms with van der Waals surface area (Å²) >= 11 is 0. The molecule has 0 unspecified atom stereocenters. The minimum absolute atomic E-state index is 0.334. The zero-order valence-corrected chi connectivity index (χ0v) is 12.7. The molecule has 0 atom stereocenters. The lowest BCUT2D eigenvalue weighted by atomic mass is 9.96. The molecule has 1 saturated carbocycles. The molecule has 2 rings (SSSR count). The monoisotopic (exact) mass is 264 g/mol. The minimum atomic E-state index is 0.334. The van der Waals surface area contributed by atoms with Crippen molar-refractivity contribution in [3.05, 3.63) is 18.2 Å². The highest BCUT2D eigenvalue weighted by atomic mass is 15.2. The fourth-order valence-corrected chi connectivity index (χ4v) is 3.13. The van der Waals surface area contributed by atoms with E-state index in [2.05, 4.69) is 40.8 Å². The van der Waals surface area contributed by atoms with Crippen LogP contribution in [-0.2, 0) is 13.1 Å². The van der Waals surface area contributed by atoms with Gasteiger partial charge in [-0.15, -0.1) is 0 Å². The average Bonchev–Trinajstić information content (AvgIpc) is 3.01. The number of hydrogen-bond donors (Lipinski definition) is 1. The Morgan fingerprint density at radius 3 is 2.74 bits per heavy atom. The van der Waals surface area contributed by atoms with Gasteiger partial charge in [0.2, 0.25) is 0 Å². The summed E-state index contributed by atoms with van der Waals surface area (Å²) in [6.45, 7) is 5.27. The van der Waals surface area contributed by atoms with Crippen LogP contribution < -0.4 is 5.32 Å². The second kappa shape index (κ2) is 6.53. The largest absolute Gasteiger partial charge is 0.332 e. The maximum atomic E-state index is 4.34. The van der Waals surface area contributed by atoms with Crippen LogP contribution in [0.3, 0.4) is 0 Å². The molecule has 1 aliphatic carbocycles. The zero-order valence-electron chi connectivity index (χ0n) is 12.7. The molecule has 1 fully saturated rings. The van der Waals surface area contributed by atoms with Crippen molar-refractivity contribution in [2.75, 3.05) is 20.6 Å². The Morgan fingerprint density at radius 1 is 1.37 bits per heavy atom. The standard InChI is InChI=1S/C15H28N4/c1-4-9-16-10-14-11-17-13-19(14)12-15(18(2)3)7-5-6-8-15/h11,13,16H,4-10,12H2,1-3H3. The van der Waals surface area contributed by atoms with Gasteiger partial charge in [-0.05, 0) is 39.9 Å². The third-order valence-electron chi connectivity index (χ3n) is 4.48. The van der Waals surface area contributed by atoms with Crippen LogP contribution in [0.5, 0.6) is 0 Å². The molecule has 1 aromatic rings. The molecular weight excluding hydrogens is 236 g/mol. The Morgan fingerprint density at radius 2 is 2.11 bits per heavy atom. The predicted molar refractivity (Wildman–Crippen MR) is 79.1 cm³/mol. The molecule has 0 aromatic carbocycles. The normalized spacial score (nSPS) is 18.3. The molecule has 1 heterocycles. The third-order valence-corrected chi connectivity index (χ3v) is 4.48. The number of likely N-dealkylation sites (N-methyl/N-ethyl adjacent to an activating group) is 1. The van der Waals surface area contributed by atoms with Crippen LogP contribution in [0.4, 0.5) is 0 Å². The summed E-state index contributed by atoms with van der Waals surface area (Å²) in [6.07, 6.45) is 10.5. The molecular formula is C15H28N4. The summed E-state index contributed by atoms with van der Waals surface area (Å²) in [5, 5.41) is 3.47. The highest BCUT2D eigenvalue weighted by Crippen LogP contribution is 2.35. The summed E-state index contributed by atoms with van der Waals surface area (Å²) in [5.74, 6) is 0. The topological polar surface area (TPSA) is 33.1 Å². The maximum Gasteiger partial charge on any atom is 0.0949 e. The lowest BCUT2D eigenvalue weighted by Gasteiger charge is -2.37. The van der Waals surface area contributed by atoms with Crippen LogP contribution in [0.1, 0.15) is 44.7 Å². The Hall–Kier alpha value is -0.870. The first-order valence-electron chi connectivity index (χ1n) is 7.55. The van der Waals surface area contributed by atoms with Crippen molar-refractivity contribution in [3.8, 4) is 0 Å². The van der Waals surface area contributed by atoms with Gasteiger partial charge in [0.15, 0.2) is 0 Å². The molecule has 4 nitrogen and oxygen atoms in total. The van der Waals surface area contributed by atoms with E-state index in [9.17, 15) is 0 Å². The highest BCUT2D eigenvalue weighted by Gasteiger charge is 2.36. The van der Waals surface area contributed by atoms with Crippen molar-refractivity contribution in [2.24, 2.45) is 0 Å². The summed E-state index contributed by atoms with van der Waals surface area (Å²) in [4.78, 5) is 6.76. The van der Waals surface area contributed by atoms with Gasteiger partial charge in [-0.3, -0.25) is 0 Å². The Labute approximate surface area is 117 Å². The molecule has 1 aliphatic rings. The first-order valence-corrected chi connectivity index (χ1v) is 7.55. The van der Waals surface area contributed by atoms with E-state index in [1.807, 2.05) is 12.5 Å². The molecule has 0 bridgehead atoms. The molecule has 0 spiro atoms. The van der Waals surface area contributed by atoms with Crippen LogP contribution in [0, 0.1) is 0 Å². The quantitative estimate of drug-likeness (QED) is 0.767. The van der Waals surface area contributed by atoms with Crippen LogP contribution in [0.2, 0.25) is 0 Å². The smallest absolute Gasteiger partial charge is 0.0949 e. The van der Waals surface area contributed by atoms with E-state index >= 15 is 0 Å². The summed E-state index contributed by atoms with van der Waals surface area (Å²) in [5.41, 5.74) is 1.64. The van der Waals surface area contributed by atoms with E-state index in [1.54, 1.807) is 0 Å². The van der Waals surface area contributed by atoms with E-state index in [1.165, 1.54) is 37.8 Å². The predicted octanol–water partition coefficient (Wildman–Crippen LogP) is 2.26. The summed E-state index contributed by atoms with van der Waals surface area (Å²) < 4.78 is 2.34. The SMILES string of the molecule is CCCNCc1cncn1CC1(N(C)C)CCCC1.